The zero-order chi connectivity index (χ0) is 6.69. The molecule has 0 radical (unpaired) electrons. The van der Waals surface area contributed by atoms with E-state index in [1.165, 1.54) is 19.0 Å². The van der Waals surface area contributed by atoms with Crippen LogP contribution >= 0.6 is 0 Å². The molecule has 0 unspecified atom stereocenters. The van der Waals surface area contributed by atoms with Gasteiger partial charge in [-0.2, -0.15) is 0 Å². The minimum Gasteiger partial charge on any atom is -0.478 e. The highest BCUT2D eigenvalue weighted by Crippen LogP contribution is 2.23. The molecule has 50 valence electrons. The van der Waals surface area contributed by atoms with Crippen molar-refractivity contribution in [2.24, 2.45) is 4.99 Å². The summed E-state index contributed by atoms with van der Waals surface area (Å²) in [5.41, 5.74) is 0. The first-order valence-electron chi connectivity index (χ1n) is 3.15. The number of rotatable bonds is 2. The summed E-state index contributed by atoms with van der Waals surface area (Å²) in [6, 6.07) is 0. The van der Waals surface area contributed by atoms with Crippen LogP contribution < -0.4 is 0 Å². The van der Waals surface area contributed by atoms with Crippen LogP contribution in [-0.2, 0) is 4.74 Å². The van der Waals surface area contributed by atoms with Crippen molar-refractivity contribution in [2.45, 2.75) is 25.9 Å². The molecule has 0 saturated heterocycles. The molecule has 0 amide bonds. The van der Waals surface area contributed by atoms with Gasteiger partial charge in [-0.1, -0.05) is 6.58 Å². The lowest BCUT2D eigenvalue weighted by Crippen LogP contribution is -1.99. The Morgan fingerprint density at radius 2 is 2.44 bits per heavy atom. The van der Waals surface area contributed by atoms with Gasteiger partial charge >= 0.3 is 0 Å². The molecule has 0 aromatic heterocycles. The summed E-state index contributed by atoms with van der Waals surface area (Å²) in [6.45, 7) is 5.31. The Balaban J connectivity index is 2.23. The third-order valence-corrected chi connectivity index (χ3v) is 1.13. The third kappa shape index (κ3) is 2.31. The Morgan fingerprint density at radius 3 is 2.89 bits per heavy atom. The van der Waals surface area contributed by atoms with Gasteiger partial charge in [0.2, 0.25) is 0 Å². The van der Waals surface area contributed by atoms with Crippen LogP contribution in [0, 0.1) is 0 Å². The average Bonchev–Trinajstić information content (AvgIpc) is 2.50. The van der Waals surface area contributed by atoms with Gasteiger partial charge in [0.1, 0.15) is 6.10 Å². The van der Waals surface area contributed by atoms with Gasteiger partial charge < -0.3 is 4.74 Å². The van der Waals surface area contributed by atoms with Crippen LogP contribution in [-0.4, -0.2) is 12.0 Å². The minimum absolute atomic E-state index is 0.452. The Labute approximate surface area is 55.2 Å². The highest BCUT2D eigenvalue weighted by atomic mass is 16.5. The van der Waals surface area contributed by atoms with E-state index in [4.69, 9.17) is 4.74 Å². The van der Waals surface area contributed by atoms with Gasteiger partial charge in [-0.15, -0.1) is 0 Å². The van der Waals surface area contributed by atoms with Crippen LogP contribution in [0.3, 0.4) is 0 Å². The number of hydrogen-bond donors (Lipinski definition) is 0. The Bertz CT molecular complexity index is 136. The summed E-state index contributed by atoms with van der Waals surface area (Å²) in [5, 5.41) is 0. The maximum Gasteiger partial charge on any atom is 0.184 e. The topological polar surface area (TPSA) is 21.6 Å². The zero-order valence-corrected chi connectivity index (χ0v) is 5.63. The molecule has 0 aromatic rings. The first kappa shape index (κ1) is 6.33. The summed E-state index contributed by atoms with van der Waals surface area (Å²) in [6.07, 6.45) is 4.32. The van der Waals surface area contributed by atoms with E-state index in [1.54, 1.807) is 0 Å². The largest absolute Gasteiger partial charge is 0.478 e. The van der Waals surface area contributed by atoms with Crippen LogP contribution in [0.1, 0.15) is 19.8 Å². The Morgan fingerprint density at radius 1 is 1.78 bits per heavy atom. The van der Waals surface area contributed by atoms with Crippen LogP contribution in [0.5, 0.6) is 0 Å². The predicted octanol–water partition coefficient (Wildman–Crippen LogP) is 1.73. The predicted molar refractivity (Wildman–Crippen MR) is 37.4 cm³/mol. The van der Waals surface area contributed by atoms with E-state index in [9.17, 15) is 0 Å². The van der Waals surface area contributed by atoms with Crippen molar-refractivity contribution in [1.82, 2.24) is 0 Å². The fourth-order valence-corrected chi connectivity index (χ4v) is 0.586. The zero-order valence-electron chi connectivity index (χ0n) is 5.63. The van der Waals surface area contributed by atoms with Crippen molar-refractivity contribution < 1.29 is 4.74 Å². The van der Waals surface area contributed by atoms with E-state index in [-0.39, 0.29) is 0 Å². The summed E-state index contributed by atoms with van der Waals surface area (Å²) >= 11 is 0. The summed E-state index contributed by atoms with van der Waals surface area (Å²) in [5.74, 6) is 0.729. The van der Waals surface area contributed by atoms with Gasteiger partial charge in [0, 0.05) is 13.1 Å². The molecule has 0 heterocycles. The summed E-state index contributed by atoms with van der Waals surface area (Å²) in [4.78, 5) is 3.86. The maximum atomic E-state index is 5.28. The van der Waals surface area contributed by atoms with Crippen molar-refractivity contribution in [1.29, 1.82) is 0 Å². The lowest BCUT2D eigenvalue weighted by Gasteiger charge is -1.98. The number of ether oxygens (including phenoxy) is 1. The maximum absolute atomic E-state index is 5.28. The van der Waals surface area contributed by atoms with Crippen LogP contribution in [0.2, 0.25) is 0 Å². The van der Waals surface area contributed by atoms with Gasteiger partial charge in [0.15, 0.2) is 5.90 Å². The van der Waals surface area contributed by atoms with Crippen molar-refractivity contribution in [3.05, 3.63) is 12.8 Å². The number of aliphatic imine (C=N–C) groups is 1. The van der Waals surface area contributed by atoms with Crippen molar-refractivity contribution in [2.75, 3.05) is 0 Å². The highest BCUT2D eigenvalue weighted by molar-refractivity contribution is 5.74. The van der Waals surface area contributed by atoms with E-state index in [1.807, 2.05) is 6.92 Å². The number of hydrogen-bond acceptors (Lipinski definition) is 2. The molecule has 2 nitrogen and oxygen atoms in total. The molecule has 0 N–H and O–H groups in total. The molecule has 0 bridgehead atoms. The Kier molecular flexibility index (Phi) is 1.88. The molecule has 1 aliphatic carbocycles. The SMILES string of the molecule is C=C/N=C(\C)OC1CC1. The van der Waals surface area contributed by atoms with E-state index in [2.05, 4.69) is 11.6 Å². The van der Waals surface area contributed by atoms with Gasteiger partial charge in [-0.3, -0.25) is 0 Å². The van der Waals surface area contributed by atoms with E-state index < -0.39 is 0 Å². The molecule has 0 atom stereocenters. The normalized spacial score (nSPS) is 19.4. The van der Waals surface area contributed by atoms with E-state index in [0.29, 0.717) is 6.10 Å². The van der Waals surface area contributed by atoms with E-state index >= 15 is 0 Å². The van der Waals surface area contributed by atoms with E-state index in [0.717, 1.165) is 5.90 Å². The molecular formula is C7H11NO. The van der Waals surface area contributed by atoms with Gasteiger partial charge in [-0.05, 0) is 12.8 Å². The summed E-state index contributed by atoms with van der Waals surface area (Å²) in [7, 11) is 0. The monoisotopic (exact) mass is 125 g/mol. The quantitative estimate of drug-likeness (QED) is 0.407. The molecule has 1 saturated carbocycles. The lowest BCUT2D eigenvalue weighted by atomic mass is 10.7. The van der Waals surface area contributed by atoms with Crippen molar-refractivity contribution in [3.8, 4) is 0 Å². The molecule has 1 fully saturated rings. The number of nitrogens with zero attached hydrogens (tertiary/aromatic N) is 1. The van der Waals surface area contributed by atoms with Crippen molar-refractivity contribution in [3.63, 3.8) is 0 Å². The second-order valence-electron chi connectivity index (χ2n) is 2.15. The van der Waals surface area contributed by atoms with Crippen LogP contribution in [0.15, 0.2) is 17.8 Å². The fourth-order valence-electron chi connectivity index (χ4n) is 0.586. The molecule has 2 heteroatoms. The average molecular weight is 125 g/mol. The standard InChI is InChI=1S/C7H11NO/c1-3-8-6(2)9-7-4-5-7/h3,7H,1,4-5H2,2H3/b8-6+. The van der Waals surface area contributed by atoms with Crippen LogP contribution in [0.25, 0.3) is 0 Å². The first-order valence-corrected chi connectivity index (χ1v) is 3.15. The second kappa shape index (κ2) is 2.67. The molecule has 1 rings (SSSR count). The summed E-state index contributed by atoms with van der Waals surface area (Å²) < 4.78 is 5.28. The second-order valence-corrected chi connectivity index (χ2v) is 2.15. The molecule has 0 spiro atoms. The smallest absolute Gasteiger partial charge is 0.184 e. The minimum atomic E-state index is 0.452. The Hall–Kier alpha value is -0.790. The molecule has 9 heavy (non-hydrogen) atoms. The highest BCUT2D eigenvalue weighted by Gasteiger charge is 2.23. The fraction of sp³-hybridized carbons (Fsp3) is 0.571. The third-order valence-electron chi connectivity index (χ3n) is 1.13. The van der Waals surface area contributed by atoms with Gasteiger partial charge in [0.05, 0.1) is 0 Å². The van der Waals surface area contributed by atoms with Crippen LogP contribution in [0.4, 0.5) is 0 Å². The molecular weight excluding hydrogens is 114 g/mol. The molecule has 0 aromatic carbocycles. The molecule has 1 aliphatic rings. The lowest BCUT2D eigenvalue weighted by molar-refractivity contribution is 0.287. The van der Waals surface area contributed by atoms with Gasteiger partial charge in [-0.25, -0.2) is 4.99 Å². The first-order chi connectivity index (χ1) is 4.33. The van der Waals surface area contributed by atoms with Crippen molar-refractivity contribution >= 4 is 5.90 Å². The molecule has 0 aliphatic heterocycles. The van der Waals surface area contributed by atoms with Gasteiger partial charge in [0.25, 0.3) is 0 Å².